The monoisotopic (exact) mass is 313 g/mol. The molecule has 1 N–H and O–H groups in total. The Morgan fingerprint density at radius 1 is 1.40 bits per heavy atom. The van der Waals surface area contributed by atoms with Gasteiger partial charge >= 0.3 is 0 Å². The first-order valence-electron chi connectivity index (χ1n) is 7.53. The second-order valence-electron chi connectivity index (χ2n) is 5.21. The van der Waals surface area contributed by atoms with Crippen molar-refractivity contribution < 1.29 is 4.74 Å². The minimum Gasteiger partial charge on any atom is -0.377 e. The maximum atomic E-state index is 6.29. The number of thioether (sulfide) groups is 1. The lowest BCUT2D eigenvalue weighted by Gasteiger charge is -2.11. The molecule has 1 saturated heterocycles. The molecule has 0 bridgehead atoms. The summed E-state index contributed by atoms with van der Waals surface area (Å²) in [6.45, 7) is 5.23. The van der Waals surface area contributed by atoms with Gasteiger partial charge in [0.2, 0.25) is 0 Å². The van der Waals surface area contributed by atoms with E-state index in [-0.39, 0.29) is 0 Å². The van der Waals surface area contributed by atoms with Crippen molar-refractivity contribution in [2.24, 2.45) is 0 Å². The Morgan fingerprint density at radius 3 is 3.05 bits per heavy atom. The second-order valence-corrected chi connectivity index (χ2v) is 6.68. The van der Waals surface area contributed by atoms with Gasteiger partial charge in [0.05, 0.1) is 11.1 Å². The molecule has 0 aromatic heterocycles. The molecule has 112 valence electrons. The minimum absolute atomic E-state index is 0.408. The number of benzene rings is 1. The van der Waals surface area contributed by atoms with Crippen molar-refractivity contribution in [2.75, 3.05) is 25.4 Å². The van der Waals surface area contributed by atoms with Crippen molar-refractivity contribution in [1.29, 1.82) is 0 Å². The van der Waals surface area contributed by atoms with Crippen molar-refractivity contribution in [3.05, 3.63) is 28.8 Å². The highest BCUT2D eigenvalue weighted by atomic mass is 35.5. The smallest absolute Gasteiger partial charge is 0.0669 e. The van der Waals surface area contributed by atoms with Gasteiger partial charge in [-0.05, 0) is 56.5 Å². The van der Waals surface area contributed by atoms with E-state index in [9.17, 15) is 0 Å². The summed E-state index contributed by atoms with van der Waals surface area (Å²) in [6.07, 6.45) is 5.03. The van der Waals surface area contributed by atoms with E-state index in [1.807, 2.05) is 17.8 Å². The molecule has 1 aliphatic heterocycles. The quantitative estimate of drug-likeness (QED) is 0.575. The first-order valence-corrected chi connectivity index (χ1v) is 8.89. The molecular weight excluding hydrogens is 290 g/mol. The summed E-state index contributed by atoms with van der Waals surface area (Å²) in [5, 5.41) is 4.29. The lowest BCUT2D eigenvalue weighted by atomic mass is 10.1. The van der Waals surface area contributed by atoms with Crippen LogP contribution >= 0.6 is 23.4 Å². The van der Waals surface area contributed by atoms with E-state index in [0.717, 1.165) is 36.9 Å². The van der Waals surface area contributed by atoms with Gasteiger partial charge in [-0.1, -0.05) is 24.6 Å². The van der Waals surface area contributed by atoms with E-state index in [4.69, 9.17) is 16.3 Å². The van der Waals surface area contributed by atoms with Crippen LogP contribution in [0.15, 0.2) is 23.1 Å². The van der Waals surface area contributed by atoms with Crippen molar-refractivity contribution in [2.45, 2.75) is 43.6 Å². The third-order valence-electron chi connectivity index (χ3n) is 3.46. The van der Waals surface area contributed by atoms with E-state index >= 15 is 0 Å². The summed E-state index contributed by atoms with van der Waals surface area (Å²) < 4.78 is 5.66. The van der Waals surface area contributed by atoms with Gasteiger partial charge in [0, 0.05) is 17.3 Å². The van der Waals surface area contributed by atoms with Crippen molar-refractivity contribution in [3.63, 3.8) is 0 Å². The fourth-order valence-electron chi connectivity index (χ4n) is 2.31. The first-order chi connectivity index (χ1) is 9.79. The molecule has 1 aromatic carbocycles. The fourth-order valence-corrected chi connectivity index (χ4v) is 3.66. The maximum absolute atomic E-state index is 6.29. The predicted octanol–water partition coefficient (Wildman–Crippen LogP) is 4.15. The Bertz CT molecular complexity index is 407. The van der Waals surface area contributed by atoms with Crippen LogP contribution in [0, 0.1) is 0 Å². The standard InChI is InChI=1S/C16H24ClNOS/c1-2-8-18-9-7-13-5-6-15(17)16(11-13)20-12-14-4-3-10-19-14/h5-6,11,14,18H,2-4,7-10,12H2,1H3. The number of rotatable bonds is 8. The van der Waals surface area contributed by atoms with Crippen LogP contribution in [0.3, 0.4) is 0 Å². The molecular formula is C16H24ClNOS. The van der Waals surface area contributed by atoms with Crippen molar-refractivity contribution in [3.8, 4) is 0 Å². The molecule has 0 saturated carbocycles. The number of nitrogens with one attached hydrogen (secondary N) is 1. The van der Waals surface area contributed by atoms with E-state index in [1.54, 1.807) is 0 Å². The molecule has 1 heterocycles. The second kappa shape index (κ2) is 8.93. The fraction of sp³-hybridized carbons (Fsp3) is 0.625. The summed E-state index contributed by atoms with van der Waals surface area (Å²) in [7, 11) is 0. The lowest BCUT2D eigenvalue weighted by molar-refractivity contribution is 0.129. The topological polar surface area (TPSA) is 21.3 Å². The molecule has 0 spiro atoms. The van der Waals surface area contributed by atoms with E-state index in [2.05, 4.69) is 24.4 Å². The Hall–Kier alpha value is -0.220. The normalized spacial score (nSPS) is 18.6. The van der Waals surface area contributed by atoms with Crippen LogP contribution < -0.4 is 5.32 Å². The number of halogens is 1. The number of hydrogen-bond donors (Lipinski definition) is 1. The zero-order valence-electron chi connectivity index (χ0n) is 12.2. The van der Waals surface area contributed by atoms with Crippen LogP contribution in [-0.2, 0) is 11.2 Å². The largest absolute Gasteiger partial charge is 0.377 e. The van der Waals surface area contributed by atoms with Gasteiger partial charge in [-0.3, -0.25) is 0 Å². The molecule has 20 heavy (non-hydrogen) atoms. The maximum Gasteiger partial charge on any atom is 0.0669 e. The van der Waals surface area contributed by atoms with Gasteiger partial charge in [-0.25, -0.2) is 0 Å². The number of ether oxygens (including phenoxy) is 1. The number of hydrogen-bond acceptors (Lipinski definition) is 3. The summed E-state index contributed by atoms with van der Waals surface area (Å²) in [4.78, 5) is 1.19. The van der Waals surface area contributed by atoms with Gasteiger partial charge in [0.25, 0.3) is 0 Å². The van der Waals surface area contributed by atoms with E-state index in [0.29, 0.717) is 6.10 Å². The third-order valence-corrected chi connectivity index (χ3v) is 5.09. The Balaban J connectivity index is 1.83. The zero-order valence-corrected chi connectivity index (χ0v) is 13.7. The lowest BCUT2D eigenvalue weighted by Crippen LogP contribution is -2.17. The minimum atomic E-state index is 0.408. The molecule has 1 aliphatic rings. The zero-order chi connectivity index (χ0) is 14.2. The highest BCUT2D eigenvalue weighted by Gasteiger charge is 2.16. The summed E-state index contributed by atoms with van der Waals surface area (Å²) >= 11 is 8.11. The van der Waals surface area contributed by atoms with Crippen LogP contribution in [0.4, 0.5) is 0 Å². The van der Waals surface area contributed by atoms with Crippen LogP contribution in [-0.4, -0.2) is 31.6 Å². The molecule has 4 heteroatoms. The Morgan fingerprint density at radius 2 is 2.30 bits per heavy atom. The average molecular weight is 314 g/mol. The van der Waals surface area contributed by atoms with Gasteiger partial charge < -0.3 is 10.1 Å². The molecule has 1 aromatic rings. The van der Waals surface area contributed by atoms with Crippen LogP contribution in [0.1, 0.15) is 31.7 Å². The van der Waals surface area contributed by atoms with Gasteiger partial charge in [-0.2, -0.15) is 0 Å². The van der Waals surface area contributed by atoms with Crippen molar-refractivity contribution in [1.82, 2.24) is 5.32 Å². The molecule has 2 rings (SSSR count). The molecule has 1 fully saturated rings. The van der Waals surface area contributed by atoms with Crippen LogP contribution in [0.2, 0.25) is 5.02 Å². The molecule has 2 nitrogen and oxygen atoms in total. The molecule has 1 atom stereocenters. The summed E-state index contributed by atoms with van der Waals surface area (Å²) in [6, 6.07) is 6.39. The highest BCUT2D eigenvalue weighted by molar-refractivity contribution is 7.99. The molecule has 1 unspecified atom stereocenters. The first kappa shape index (κ1) is 16.2. The SMILES string of the molecule is CCCNCCc1ccc(Cl)c(SCC2CCCO2)c1. The van der Waals surface area contributed by atoms with Gasteiger partial charge in [-0.15, -0.1) is 11.8 Å². The summed E-state index contributed by atoms with van der Waals surface area (Å²) in [5.74, 6) is 1.01. The van der Waals surface area contributed by atoms with Gasteiger partial charge in [0.15, 0.2) is 0 Å². The van der Waals surface area contributed by atoms with Crippen molar-refractivity contribution >= 4 is 23.4 Å². The Labute approximate surface area is 131 Å². The average Bonchev–Trinajstić information content (AvgIpc) is 2.97. The third kappa shape index (κ3) is 5.28. The highest BCUT2D eigenvalue weighted by Crippen LogP contribution is 2.30. The molecule has 0 radical (unpaired) electrons. The summed E-state index contributed by atoms with van der Waals surface area (Å²) in [5.41, 5.74) is 1.35. The predicted molar refractivity (Wildman–Crippen MR) is 88.0 cm³/mol. The van der Waals surface area contributed by atoms with Crippen LogP contribution in [0.25, 0.3) is 0 Å². The van der Waals surface area contributed by atoms with Gasteiger partial charge in [0.1, 0.15) is 0 Å². The van der Waals surface area contributed by atoms with E-state index in [1.165, 1.54) is 29.7 Å². The van der Waals surface area contributed by atoms with E-state index < -0.39 is 0 Å². The Kier molecular flexibility index (Phi) is 7.22. The molecule has 0 aliphatic carbocycles. The van der Waals surface area contributed by atoms with Crippen LogP contribution in [0.5, 0.6) is 0 Å². The molecule has 0 amide bonds.